The second kappa shape index (κ2) is 6.23. The van der Waals surface area contributed by atoms with Gasteiger partial charge in [-0.2, -0.15) is 18.4 Å². The first kappa shape index (κ1) is 16.7. The van der Waals surface area contributed by atoms with Crippen molar-refractivity contribution in [2.24, 2.45) is 11.6 Å². The van der Waals surface area contributed by atoms with Gasteiger partial charge in [-0.3, -0.25) is 4.98 Å². The van der Waals surface area contributed by atoms with Crippen LogP contribution >= 0.6 is 11.3 Å². The van der Waals surface area contributed by atoms with E-state index < -0.39 is 11.7 Å². The van der Waals surface area contributed by atoms with Gasteiger partial charge in [-0.1, -0.05) is 0 Å². The lowest BCUT2D eigenvalue weighted by molar-refractivity contribution is -0.137. The highest BCUT2D eigenvalue weighted by molar-refractivity contribution is 7.15. The third-order valence-electron chi connectivity index (χ3n) is 2.89. The number of nitrogens with two attached hydrogens (primary N) is 2. The van der Waals surface area contributed by atoms with E-state index in [1.54, 1.807) is 13.0 Å². The highest BCUT2D eigenvalue weighted by Crippen LogP contribution is 2.32. The zero-order valence-electron chi connectivity index (χ0n) is 11.8. The molecule has 0 saturated heterocycles. The van der Waals surface area contributed by atoms with Crippen LogP contribution in [-0.4, -0.2) is 9.97 Å². The summed E-state index contributed by atoms with van der Waals surface area (Å²) in [6.07, 6.45) is -3.70. The summed E-state index contributed by atoms with van der Waals surface area (Å²) in [6, 6.07) is 3.96. The van der Waals surface area contributed by atoms with Crippen LogP contribution < -0.4 is 17.0 Å². The highest BCUT2D eigenvalue weighted by atomic mass is 32.1. The number of aromatic nitrogens is 2. The zero-order valence-corrected chi connectivity index (χ0v) is 12.6. The van der Waals surface area contributed by atoms with E-state index in [2.05, 4.69) is 15.4 Å². The Hall–Kier alpha value is -2.64. The summed E-state index contributed by atoms with van der Waals surface area (Å²) in [5.74, 6) is 5.19. The summed E-state index contributed by atoms with van der Waals surface area (Å²) >= 11 is 1.20. The topological polar surface area (TPSA) is 114 Å². The molecular formula is C13H11F3N6S. The van der Waals surface area contributed by atoms with Crippen molar-refractivity contribution in [3.63, 3.8) is 0 Å². The Morgan fingerprint density at radius 3 is 2.57 bits per heavy atom. The van der Waals surface area contributed by atoms with Crippen LogP contribution in [-0.2, 0) is 6.18 Å². The first-order valence-electron chi connectivity index (χ1n) is 6.15. The van der Waals surface area contributed by atoms with Crippen molar-refractivity contribution in [3.8, 4) is 16.8 Å². The molecule has 0 aliphatic rings. The van der Waals surface area contributed by atoms with E-state index in [9.17, 15) is 13.2 Å². The van der Waals surface area contributed by atoms with Gasteiger partial charge in [0.15, 0.2) is 5.70 Å². The van der Waals surface area contributed by atoms with Gasteiger partial charge in [0.1, 0.15) is 16.8 Å². The quantitative estimate of drug-likeness (QED) is 0.448. The molecule has 0 aromatic carbocycles. The molecule has 2 heterocycles. The molecule has 2 rings (SSSR count). The first-order valence-corrected chi connectivity index (χ1v) is 6.97. The normalized spacial score (nSPS) is 12.5. The van der Waals surface area contributed by atoms with Crippen LogP contribution in [0.25, 0.3) is 16.4 Å². The van der Waals surface area contributed by atoms with Gasteiger partial charge in [0.25, 0.3) is 0 Å². The smallest absolute Gasteiger partial charge is 0.395 e. The number of thiazole rings is 1. The van der Waals surface area contributed by atoms with E-state index in [1.807, 2.05) is 0 Å². The number of aryl methyl sites for hydroxylation is 1. The van der Waals surface area contributed by atoms with Crippen LogP contribution in [0, 0.1) is 18.3 Å². The molecule has 120 valence electrons. The molecule has 0 unspecified atom stereocenters. The van der Waals surface area contributed by atoms with E-state index in [0.717, 1.165) is 12.3 Å². The van der Waals surface area contributed by atoms with Crippen LogP contribution in [0.15, 0.2) is 24.0 Å². The third-order valence-corrected chi connectivity index (χ3v) is 3.88. The minimum atomic E-state index is -4.45. The summed E-state index contributed by atoms with van der Waals surface area (Å²) in [6.45, 7) is 1.72. The van der Waals surface area contributed by atoms with E-state index in [-0.39, 0.29) is 17.1 Å². The van der Waals surface area contributed by atoms with E-state index in [0.29, 0.717) is 15.6 Å². The minimum absolute atomic E-state index is 0.0506. The number of nitrogens with one attached hydrogen (secondary N) is 1. The van der Waals surface area contributed by atoms with Gasteiger partial charge in [0, 0.05) is 11.1 Å². The Kier molecular flexibility index (Phi) is 4.53. The SMILES string of the molecule is Cc1sc(-c2ccc(C(F)(F)F)cn2)nc1/C(N)=C(\C#N)NN. The van der Waals surface area contributed by atoms with Crippen LogP contribution in [0.4, 0.5) is 13.2 Å². The lowest BCUT2D eigenvalue weighted by atomic mass is 10.2. The molecule has 0 radical (unpaired) electrons. The third kappa shape index (κ3) is 3.41. The highest BCUT2D eigenvalue weighted by Gasteiger charge is 2.30. The number of hydrazine groups is 1. The van der Waals surface area contributed by atoms with Crippen LogP contribution in [0.3, 0.4) is 0 Å². The number of hydrogen-bond acceptors (Lipinski definition) is 7. The Morgan fingerprint density at radius 1 is 1.39 bits per heavy atom. The molecule has 6 nitrogen and oxygen atoms in total. The van der Waals surface area contributed by atoms with Gasteiger partial charge in [-0.15, -0.1) is 11.3 Å². The average molecular weight is 340 g/mol. The van der Waals surface area contributed by atoms with Gasteiger partial charge in [0.2, 0.25) is 0 Å². The maximum absolute atomic E-state index is 12.5. The molecule has 0 spiro atoms. The number of alkyl halides is 3. The summed E-state index contributed by atoms with van der Waals surface area (Å²) in [4.78, 5) is 8.70. The van der Waals surface area contributed by atoms with Crippen molar-refractivity contribution in [2.45, 2.75) is 13.1 Å². The lowest BCUT2D eigenvalue weighted by Gasteiger charge is -2.05. The van der Waals surface area contributed by atoms with Gasteiger partial charge < -0.3 is 11.2 Å². The van der Waals surface area contributed by atoms with Gasteiger partial charge in [0.05, 0.1) is 17.0 Å². The maximum atomic E-state index is 12.5. The van der Waals surface area contributed by atoms with Gasteiger partial charge >= 0.3 is 6.18 Å². The van der Waals surface area contributed by atoms with Crippen molar-refractivity contribution in [2.75, 3.05) is 0 Å². The number of halogens is 3. The predicted molar refractivity (Wildman–Crippen MR) is 79.1 cm³/mol. The molecule has 5 N–H and O–H groups in total. The van der Waals surface area contributed by atoms with Crippen molar-refractivity contribution in [3.05, 3.63) is 40.2 Å². The number of nitriles is 1. The number of hydrogen-bond donors (Lipinski definition) is 3. The molecule has 2 aromatic rings. The molecular weight excluding hydrogens is 329 g/mol. The largest absolute Gasteiger partial charge is 0.417 e. The Morgan fingerprint density at radius 2 is 2.09 bits per heavy atom. The molecule has 2 aromatic heterocycles. The predicted octanol–water partition coefficient (Wildman–Crippen LogP) is 2.15. The van der Waals surface area contributed by atoms with Gasteiger partial charge in [-0.05, 0) is 19.1 Å². The molecule has 0 amide bonds. The Bertz CT molecular complexity index is 786. The maximum Gasteiger partial charge on any atom is 0.417 e. The van der Waals surface area contributed by atoms with Crippen molar-refractivity contribution >= 4 is 17.0 Å². The standard InChI is InChI=1S/C13H11F3N6S/c1-6-11(10(18)9(4-17)22-19)21-12(23-6)8-3-2-7(5-20-8)13(14,15)16/h2-3,5,22H,18-19H2,1H3/b10-9-. The molecule has 0 atom stereocenters. The molecule has 0 saturated carbocycles. The molecule has 0 bridgehead atoms. The van der Waals surface area contributed by atoms with Crippen LogP contribution in [0.5, 0.6) is 0 Å². The van der Waals surface area contributed by atoms with Crippen LogP contribution in [0.1, 0.15) is 16.1 Å². The number of nitrogens with zero attached hydrogens (tertiary/aromatic N) is 3. The fourth-order valence-electron chi connectivity index (χ4n) is 1.73. The minimum Gasteiger partial charge on any atom is -0.395 e. The first-order chi connectivity index (χ1) is 10.8. The summed E-state index contributed by atoms with van der Waals surface area (Å²) in [7, 11) is 0. The Labute approximate surface area is 133 Å². The van der Waals surface area contributed by atoms with Crippen LogP contribution in [0.2, 0.25) is 0 Å². The molecule has 23 heavy (non-hydrogen) atoms. The molecule has 10 heteroatoms. The van der Waals surface area contributed by atoms with Crippen molar-refractivity contribution < 1.29 is 13.2 Å². The fourth-order valence-corrected chi connectivity index (χ4v) is 2.64. The number of allylic oxidation sites excluding steroid dienone is 1. The summed E-state index contributed by atoms with van der Waals surface area (Å²) < 4.78 is 37.6. The number of rotatable bonds is 3. The fraction of sp³-hybridized carbons (Fsp3) is 0.154. The summed E-state index contributed by atoms with van der Waals surface area (Å²) in [5, 5.41) is 9.30. The van der Waals surface area contributed by atoms with Crippen molar-refractivity contribution in [1.29, 1.82) is 5.26 Å². The second-order valence-corrected chi connectivity index (χ2v) is 5.60. The van der Waals surface area contributed by atoms with Crippen molar-refractivity contribution in [1.82, 2.24) is 15.4 Å². The van der Waals surface area contributed by atoms with E-state index in [1.165, 1.54) is 17.4 Å². The van der Waals surface area contributed by atoms with Gasteiger partial charge in [-0.25, -0.2) is 10.8 Å². The molecule has 0 aliphatic carbocycles. The van der Waals surface area contributed by atoms with E-state index in [4.69, 9.17) is 16.8 Å². The molecule has 0 aliphatic heterocycles. The molecule has 0 fully saturated rings. The number of pyridine rings is 1. The Balaban J connectivity index is 2.42. The lowest BCUT2D eigenvalue weighted by Crippen LogP contribution is -2.23. The monoisotopic (exact) mass is 340 g/mol. The summed E-state index contributed by atoms with van der Waals surface area (Å²) in [5.41, 5.74) is 7.77. The average Bonchev–Trinajstić information content (AvgIpc) is 2.89. The second-order valence-electron chi connectivity index (χ2n) is 4.40. The van der Waals surface area contributed by atoms with E-state index >= 15 is 0 Å². The zero-order chi connectivity index (χ0) is 17.2.